The average molecular weight is 233 g/mol. The van der Waals surface area contributed by atoms with Gasteiger partial charge in [-0.2, -0.15) is 0 Å². The van der Waals surface area contributed by atoms with Gasteiger partial charge in [-0.05, 0) is 32.7 Å². The number of rotatable bonds is 4. The smallest absolute Gasteiger partial charge is 0.255 e. The Bertz CT molecular complexity index is 364. The largest absolute Gasteiger partial charge is 0.369 e. The zero-order valence-electron chi connectivity index (χ0n) is 8.75. The van der Waals surface area contributed by atoms with Crippen LogP contribution in [0.1, 0.15) is 24.1 Å². The first-order valence-electron chi connectivity index (χ1n) is 4.70. The zero-order chi connectivity index (χ0) is 10.6. The molecule has 5 nitrogen and oxygen atoms in total. The van der Waals surface area contributed by atoms with Crippen LogP contribution in [0.2, 0.25) is 0 Å². The molecule has 0 saturated heterocycles. The molecule has 1 aromatic rings. The summed E-state index contributed by atoms with van der Waals surface area (Å²) in [6, 6.07) is 0. The van der Waals surface area contributed by atoms with Crippen molar-refractivity contribution in [3.63, 3.8) is 0 Å². The summed E-state index contributed by atoms with van der Waals surface area (Å²) in [5.74, 6) is 0.176. The number of nitrogens with zero attached hydrogens (tertiary/aromatic N) is 1. The van der Waals surface area contributed by atoms with Crippen LogP contribution in [0.25, 0.3) is 0 Å². The molecule has 0 spiro atoms. The molecule has 15 heavy (non-hydrogen) atoms. The van der Waals surface area contributed by atoms with E-state index in [-0.39, 0.29) is 23.9 Å². The summed E-state index contributed by atoms with van der Waals surface area (Å²) in [6.07, 6.45) is 2.54. The molecule has 0 unspecified atom stereocenters. The lowest BCUT2D eigenvalue weighted by Gasteiger charge is -2.03. The molecular weight excluding hydrogens is 216 g/mol. The number of aryl methyl sites for hydroxylation is 1. The van der Waals surface area contributed by atoms with Crippen LogP contribution in [0.5, 0.6) is 0 Å². The molecule has 0 fully saturated rings. The second kappa shape index (κ2) is 6.42. The van der Waals surface area contributed by atoms with Gasteiger partial charge in [0.1, 0.15) is 0 Å². The van der Waals surface area contributed by atoms with Crippen molar-refractivity contribution in [2.75, 3.05) is 12.3 Å². The molecule has 1 aromatic heterocycles. The average Bonchev–Trinajstić information content (AvgIpc) is 2.09. The summed E-state index contributed by atoms with van der Waals surface area (Å²) in [5.41, 5.74) is 12.1. The molecule has 0 aliphatic carbocycles. The molecule has 0 aliphatic rings. The number of nitrogen functional groups attached to an aromatic ring is 1. The normalized spacial score (nSPS) is 9.73. The first-order valence-corrected chi connectivity index (χ1v) is 4.70. The van der Waals surface area contributed by atoms with Gasteiger partial charge >= 0.3 is 0 Å². The van der Waals surface area contributed by atoms with Gasteiger partial charge in [-0.1, -0.05) is 0 Å². The van der Waals surface area contributed by atoms with Gasteiger partial charge in [-0.25, -0.2) is 4.98 Å². The van der Waals surface area contributed by atoms with Crippen molar-refractivity contribution in [2.45, 2.75) is 26.2 Å². The molecule has 0 aliphatic heterocycles. The highest BCUT2D eigenvalue weighted by atomic mass is 35.5. The fourth-order valence-corrected chi connectivity index (χ4v) is 1.37. The van der Waals surface area contributed by atoms with E-state index in [4.69, 9.17) is 11.5 Å². The van der Waals surface area contributed by atoms with Crippen molar-refractivity contribution in [3.8, 4) is 0 Å². The van der Waals surface area contributed by atoms with Crippen LogP contribution in [-0.4, -0.2) is 16.5 Å². The quantitative estimate of drug-likeness (QED) is 0.653. The maximum absolute atomic E-state index is 11.4. The lowest BCUT2D eigenvalue weighted by Crippen LogP contribution is -2.18. The second-order valence-electron chi connectivity index (χ2n) is 3.26. The van der Waals surface area contributed by atoms with Crippen molar-refractivity contribution >= 4 is 18.4 Å². The number of nitrogens with one attached hydrogen (secondary N) is 1. The van der Waals surface area contributed by atoms with Crippen LogP contribution in [0.4, 0.5) is 5.95 Å². The maximum Gasteiger partial charge on any atom is 0.255 e. The van der Waals surface area contributed by atoms with Crippen LogP contribution < -0.4 is 17.0 Å². The predicted molar refractivity (Wildman–Crippen MR) is 63.2 cm³/mol. The van der Waals surface area contributed by atoms with E-state index < -0.39 is 0 Å². The highest BCUT2D eigenvalue weighted by molar-refractivity contribution is 5.85. The summed E-state index contributed by atoms with van der Waals surface area (Å²) in [4.78, 5) is 17.9. The first-order chi connectivity index (χ1) is 6.65. The summed E-state index contributed by atoms with van der Waals surface area (Å²) in [6.45, 7) is 2.45. The molecule has 1 rings (SSSR count). The monoisotopic (exact) mass is 232 g/mol. The van der Waals surface area contributed by atoms with Gasteiger partial charge in [0, 0.05) is 11.3 Å². The SMILES string of the molecule is Cc1nc(N)[nH]c(=O)c1CCCCN.Cl. The Kier molecular flexibility index (Phi) is 5.96. The topological polar surface area (TPSA) is 97.8 Å². The van der Waals surface area contributed by atoms with Gasteiger partial charge in [-0.15, -0.1) is 12.4 Å². The van der Waals surface area contributed by atoms with Crippen molar-refractivity contribution in [1.82, 2.24) is 9.97 Å². The molecule has 86 valence electrons. The van der Waals surface area contributed by atoms with E-state index in [1.807, 2.05) is 0 Å². The number of unbranched alkanes of at least 4 members (excludes halogenated alkanes) is 1. The summed E-state index contributed by atoms with van der Waals surface area (Å²) in [7, 11) is 0. The fourth-order valence-electron chi connectivity index (χ4n) is 1.37. The molecule has 1 heterocycles. The Morgan fingerprint density at radius 3 is 2.60 bits per heavy atom. The molecular formula is C9H17ClN4O. The molecule has 0 saturated carbocycles. The Balaban J connectivity index is 0.00000196. The minimum atomic E-state index is -0.132. The third-order valence-corrected chi connectivity index (χ3v) is 2.12. The van der Waals surface area contributed by atoms with Crippen LogP contribution in [0, 0.1) is 6.92 Å². The van der Waals surface area contributed by atoms with E-state index in [0.29, 0.717) is 24.2 Å². The maximum atomic E-state index is 11.4. The zero-order valence-corrected chi connectivity index (χ0v) is 9.56. The van der Waals surface area contributed by atoms with E-state index >= 15 is 0 Å². The van der Waals surface area contributed by atoms with Gasteiger partial charge in [0.25, 0.3) is 5.56 Å². The third kappa shape index (κ3) is 3.89. The van der Waals surface area contributed by atoms with Gasteiger partial charge in [0.2, 0.25) is 5.95 Å². The summed E-state index contributed by atoms with van der Waals surface area (Å²) < 4.78 is 0. The van der Waals surface area contributed by atoms with E-state index in [0.717, 1.165) is 12.8 Å². The summed E-state index contributed by atoms with van der Waals surface area (Å²) in [5, 5.41) is 0. The highest BCUT2D eigenvalue weighted by Gasteiger charge is 2.05. The van der Waals surface area contributed by atoms with Crippen molar-refractivity contribution in [3.05, 3.63) is 21.6 Å². The van der Waals surface area contributed by atoms with E-state index in [1.54, 1.807) is 6.92 Å². The van der Waals surface area contributed by atoms with E-state index in [9.17, 15) is 4.79 Å². The number of anilines is 1. The first kappa shape index (κ1) is 13.9. The molecule has 6 heteroatoms. The standard InChI is InChI=1S/C9H16N4O.ClH/c1-6-7(4-2-3-5-10)8(14)13-9(11)12-6;/h2-5,10H2,1H3,(H3,11,12,13,14);1H. The Labute approximate surface area is 94.7 Å². The molecule has 0 amide bonds. The fraction of sp³-hybridized carbons (Fsp3) is 0.556. The highest BCUT2D eigenvalue weighted by Crippen LogP contribution is 2.04. The predicted octanol–water partition coefficient (Wildman–Crippen LogP) is 0.364. The van der Waals surface area contributed by atoms with Gasteiger partial charge < -0.3 is 11.5 Å². The molecule has 0 bridgehead atoms. The Hall–Kier alpha value is -1.07. The molecule has 0 aromatic carbocycles. The van der Waals surface area contributed by atoms with Crippen LogP contribution in [-0.2, 0) is 6.42 Å². The van der Waals surface area contributed by atoms with E-state index in [2.05, 4.69) is 9.97 Å². The number of halogens is 1. The Morgan fingerprint density at radius 2 is 2.07 bits per heavy atom. The van der Waals surface area contributed by atoms with Gasteiger partial charge in [-0.3, -0.25) is 9.78 Å². The minimum absolute atomic E-state index is 0. The number of hydrogen-bond donors (Lipinski definition) is 3. The number of aromatic nitrogens is 2. The van der Waals surface area contributed by atoms with Crippen molar-refractivity contribution in [1.29, 1.82) is 0 Å². The number of nitrogens with two attached hydrogens (primary N) is 2. The van der Waals surface area contributed by atoms with Gasteiger partial charge in [0.05, 0.1) is 0 Å². The lowest BCUT2D eigenvalue weighted by molar-refractivity contribution is 0.732. The van der Waals surface area contributed by atoms with Crippen LogP contribution >= 0.6 is 12.4 Å². The van der Waals surface area contributed by atoms with Gasteiger partial charge in [0.15, 0.2) is 0 Å². The van der Waals surface area contributed by atoms with Crippen molar-refractivity contribution in [2.24, 2.45) is 5.73 Å². The van der Waals surface area contributed by atoms with Crippen LogP contribution in [0.3, 0.4) is 0 Å². The lowest BCUT2D eigenvalue weighted by atomic mass is 10.1. The van der Waals surface area contributed by atoms with Crippen molar-refractivity contribution < 1.29 is 0 Å². The second-order valence-corrected chi connectivity index (χ2v) is 3.26. The number of H-pyrrole nitrogens is 1. The third-order valence-electron chi connectivity index (χ3n) is 2.12. The Morgan fingerprint density at radius 1 is 1.40 bits per heavy atom. The van der Waals surface area contributed by atoms with E-state index in [1.165, 1.54) is 0 Å². The number of aromatic amines is 1. The van der Waals surface area contributed by atoms with Crippen LogP contribution in [0.15, 0.2) is 4.79 Å². The molecule has 5 N–H and O–H groups in total. The number of hydrogen-bond acceptors (Lipinski definition) is 4. The molecule has 0 atom stereocenters. The minimum Gasteiger partial charge on any atom is -0.369 e. The molecule has 0 radical (unpaired) electrons. The summed E-state index contributed by atoms with van der Waals surface area (Å²) >= 11 is 0.